The van der Waals surface area contributed by atoms with Gasteiger partial charge in [0.05, 0.1) is 0 Å². The van der Waals surface area contributed by atoms with Crippen LogP contribution in [0, 0.1) is 6.92 Å². The van der Waals surface area contributed by atoms with Crippen LogP contribution >= 0.6 is 11.8 Å². The quantitative estimate of drug-likeness (QED) is 0.822. The molecule has 1 aromatic carbocycles. The number of nitrogens with two attached hydrogens (primary N) is 1. The van der Waals surface area contributed by atoms with E-state index in [0.717, 1.165) is 5.75 Å². The highest BCUT2D eigenvalue weighted by Crippen LogP contribution is 2.25. The summed E-state index contributed by atoms with van der Waals surface area (Å²) in [5.41, 5.74) is 8.05. The SMILES string of the molecule is Cc1ccccc1SCc1ccc(N)nc1. The van der Waals surface area contributed by atoms with Crippen LogP contribution in [-0.2, 0) is 5.75 Å². The van der Waals surface area contributed by atoms with E-state index in [9.17, 15) is 0 Å². The zero-order chi connectivity index (χ0) is 11.4. The number of hydrogen-bond acceptors (Lipinski definition) is 3. The number of nitrogen functional groups attached to an aromatic ring is 1. The molecule has 0 spiro atoms. The lowest BCUT2D eigenvalue weighted by molar-refractivity contribution is 1.24. The number of pyridine rings is 1. The van der Waals surface area contributed by atoms with Gasteiger partial charge in [-0.25, -0.2) is 4.98 Å². The third kappa shape index (κ3) is 2.76. The second kappa shape index (κ2) is 5.03. The van der Waals surface area contributed by atoms with Crippen LogP contribution in [0.1, 0.15) is 11.1 Å². The molecule has 0 unspecified atom stereocenters. The Morgan fingerprint density at radius 1 is 1.19 bits per heavy atom. The van der Waals surface area contributed by atoms with Gasteiger partial charge in [0.2, 0.25) is 0 Å². The third-order valence-electron chi connectivity index (χ3n) is 2.34. The fourth-order valence-electron chi connectivity index (χ4n) is 1.40. The topological polar surface area (TPSA) is 38.9 Å². The number of aryl methyl sites for hydroxylation is 1. The van der Waals surface area contributed by atoms with Gasteiger partial charge in [-0.2, -0.15) is 0 Å². The molecule has 0 amide bonds. The van der Waals surface area contributed by atoms with E-state index in [1.807, 2.05) is 30.1 Å². The highest BCUT2D eigenvalue weighted by molar-refractivity contribution is 7.98. The molecule has 2 N–H and O–H groups in total. The molecule has 3 heteroatoms. The van der Waals surface area contributed by atoms with Crippen molar-refractivity contribution < 1.29 is 0 Å². The zero-order valence-corrected chi connectivity index (χ0v) is 10.00. The summed E-state index contributed by atoms with van der Waals surface area (Å²) in [6, 6.07) is 12.3. The summed E-state index contributed by atoms with van der Waals surface area (Å²) in [5, 5.41) is 0. The molecule has 16 heavy (non-hydrogen) atoms. The van der Waals surface area contributed by atoms with E-state index >= 15 is 0 Å². The Hall–Kier alpha value is -1.48. The number of nitrogens with zero attached hydrogens (tertiary/aromatic N) is 1. The predicted octanol–water partition coefficient (Wildman–Crippen LogP) is 3.26. The number of anilines is 1. The molecule has 1 heterocycles. The van der Waals surface area contributed by atoms with Gasteiger partial charge >= 0.3 is 0 Å². The van der Waals surface area contributed by atoms with Crippen molar-refractivity contribution in [2.24, 2.45) is 0 Å². The standard InChI is InChI=1S/C13H14N2S/c1-10-4-2-3-5-12(10)16-9-11-6-7-13(14)15-8-11/h2-8H,9H2,1H3,(H2,14,15). The number of rotatable bonds is 3. The summed E-state index contributed by atoms with van der Waals surface area (Å²) in [7, 11) is 0. The first-order valence-electron chi connectivity index (χ1n) is 5.14. The van der Waals surface area contributed by atoms with E-state index < -0.39 is 0 Å². The van der Waals surface area contributed by atoms with Crippen molar-refractivity contribution in [3.63, 3.8) is 0 Å². The normalized spacial score (nSPS) is 10.3. The van der Waals surface area contributed by atoms with Gasteiger partial charge in [0, 0.05) is 16.8 Å². The molecule has 0 aliphatic rings. The van der Waals surface area contributed by atoms with E-state index in [4.69, 9.17) is 5.73 Å². The van der Waals surface area contributed by atoms with E-state index in [1.165, 1.54) is 16.0 Å². The Morgan fingerprint density at radius 2 is 2.00 bits per heavy atom. The molecule has 82 valence electrons. The first-order valence-corrected chi connectivity index (χ1v) is 6.13. The lowest BCUT2D eigenvalue weighted by Gasteiger charge is -2.05. The Morgan fingerprint density at radius 3 is 2.69 bits per heavy atom. The summed E-state index contributed by atoms with van der Waals surface area (Å²) < 4.78 is 0. The Balaban J connectivity index is 2.02. The van der Waals surface area contributed by atoms with E-state index in [1.54, 1.807) is 0 Å². The van der Waals surface area contributed by atoms with Crippen molar-refractivity contribution in [1.29, 1.82) is 0 Å². The Labute approximate surface area is 99.9 Å². The average Bonchev–Trinajstić information content (AvgIpc) is 2.30. The van der Waals surface area contributed by atoms with Crippen molar-refractivity contribution in [1.82, 2.24) is 4.98 Å². The Kier molecular flexibility index (Phi) is 3.47. The van der Waals surface area contributed by atoms with Gasteiger partial charge in [-0.3, -0.25) is 0 Å². The number of benzene rings is 1. The zero-order valence-electron chi connectivity index (χ0n) is 9.18. The number of hydrogen-bond donors (Lipinski definition) is 1. The summed E-state index contributed by atoms with van der Waals surface area (Å²) in [4.78, 5) is 5.40. The molecule has 0 saturated heterocycles. The van der Waals surface area contributed by atoms with Crippen LogP contribution in [0.3, 0.4) is 0 Å². The molecular formula is C13H14N2S. The number of thioether (sulfide) groups is 1. The Bertz CT molecular complexity index is 466. The minimum Gasteiger partial charge on any atom is -0.384 e. The second-order valence-corrected chi connectivity index (χ2v) is 4.66. The van der Waals surface area contributed by atoms with E-state index in [2.05, 4.69) is 36.2 Å². The smallest absolute Gasteiger partial charge is 0.123 e. The van der Waals surface area contributed by atoms with Crippen LogP contribution in [-0.4, -0.2) is 4.98 Å². The summed E-state index contributed by atoms with van der Waals surface area (Å²) >= 11 is 1.83. The third-order valence-corrected chi connectivity index (χ3v) is 3.58. The summed E-state index contributed by atoms with van der Waals surface area (Å²) in [6.45, 7) is 2.13. The van der Waals surface area contributed by atoms with Crippen LogP contribution in [0.4, 0.5) is 5.82 Å². The summed E-state index contributed by atoms with van der Waals surface area (Å²) in [5.74, 6) is 1.50. The molecule has 2 nitrogen and oxygen atoms in total. The van der Waals surface area contributed by atoms with Crippen LogP contribution in [0.5, 0.6) is 0 Å². The molecule has 0 fully saturated rings. The molecular weight excluding hydrogens is 216 g/mol. The number of aromatic nitrogens is 1. The molecule has 1 aromatic heterocycles. The molecule has 0 radical (unpaired) electrons. The highest BCUT2D eigenvalue weighted by atomic mass is 32.2. The molecule has 0 saturated carbocycles. The van der Waals surface area contributed by atoms with Crippen molar-refractivity contribution in [2.45, 2.75) is 17.6 Å². The van der Waals surface area contributed by atoms with Gasteiger partial charge in [0.25, 0.3) is 0 Å². The first-order chi connectivity index (χ1) is 7.75. The second-order valence-electron chi connectivity index (χ2n) is 3.65. The van der Waals surface area contributed by atoms with Gasteiger partial charge in [0.15, 0.2) is 0 Å². The molecule has 0 atom stereocenters. The van der Waals surface area contributed by atoms with Crippen LogP contribution in [0.25, 0.3) is 0 Å². The van der Waals surface area contributed by atoms with Gasteiger partial charge in [-0.15, -0.1) is 11.8 Å². The van der Waals surface area contributed by atoms with E-state index in [-0.39, 0.29) is 0 Å². The lowest BCUT2D eigenvalue weighted by Crippen LogP contribution is -1.90. The van der Waals surface area contributed by atoms with E-state index in [0.29, 0.717) is 5.82 Å². The largest absolute Gasteiger partial charge is 0.384 e. The highest BCUT2D eigenvalue weighted by Gasteiger charge is 1.99. The van der Waals surface area contributed by atoms with Crippen molar-refractivity contribution >= 4 is 17.6 Å². The minimum atomic E-state index is 0.574. The molecule has 0 aliphatic heterocycles. The molecule has 0 bridgehead atoms. The monoisotopic (exact) mass is 230 g/mol. The maximum Gasteiger partial charge on any atom is 0.123 e. The van der Waals surface area contributed by atoms with Crippen molar-refractivity contribution in [3.05, 3.63) is 53.7 Å². The fourth-order valence-corrected chi connectivity index (χ4v) is 2.36. The van der Waals surface area contributed by atoms with Gasteiger partial charge in [-0.05, 0) is 30.2 Å². The van der Waals surface area contributed by atoms with Crippen molar-refractivity contribution in [3.8, 4) is 0 Å². The van der Waals surface area contributed by atoms with Crippen LogP contribution < -0.4 is 5.73 Å². The maximum absolute atomic E-state index is 5.54. The van der Waals surface area contributed by atoms with Crippen LogP contribution in [0.15, 0.2) is 47.5 Å². The minimum absolute atomic E-state index is 0.574. The van der Waals surface area contributed by atoms with Crippen molar-refractivity contribution in [2.75, 3.05) is 5.73 Å². The maximum atomic E-state index is 5.54. The van der Waals surface area contributed by atoms with Gasteiger partial charge in [-0.1, -0.05) is 24.3 Å². The molecule has 0 aliphatic carbocycles. The predicted molar refractivity (Wildman–Crippen MR) is 69.4 cm³/mol. The fraction of sp³-hybridized carbons (Fsp3) is 0.154. The lowest BCUT2D eigenvalue weighted by atomic mass is 10.2. The average molecular weight is 230 g/mol. The molecule has 2 aromatic rings. The van der Waals surface area contributed by atoms with Crippen LogP contribution in [0.2, 0.25) is 0 Å². The molecule has 2 rings (SSSR count). The summed E-state index contributed by atoms with van der Waals surface area (Å²) in [6.07, 6.45) is 1.83. The first kappa shape index (κ1) is 11.0. The van der Waals surface area contributed by atoms with Gasteiger partial charge < -0.3 is 5.73 Å². The van der Waals surface area contributed by atoms with Gasteiger partial charge in [0.1, 0.15) is 5.82 Å².